The molecule has 0 bridgehead atoms. The molecule has 0 unspecified atom stereocenters. The van der Waals surface area contributed by atoms with Gasteiger partial charge in [0.2, 0.25) is 0 Å². The van der Waals surface area contributed by atoms with E-state index >= 15 is 0 Å². The number of H-pyrrole nitrogens is 1. The van der Waals surface area contributed by atoms with Crippen LogP contribution in [0.15, 0.2) is 17.1 Å². The van der Waals surface area contributed by atoms with Crippen LogP contribution in [0.4, 0.5) is 23.7 Å². The highest BCUT2D eigenvalue weighted by molar-refractivity contribution is 5.89. The van der Waals surface area contributed by atoms with Gasteiger partial charge in [0.05, 0.1) is 5.56 Å². The lowest BCUT2D eigenvalue weighted by atomic mass is 9.83. The molecule has 138 valence electrons. The predicted molar refractivity (Wildman–Crippen MR) is 87.4 cm³/mol. The van der Waals surface area contributed by atoms with Crippen LogP contribution < -0.4 is 10.9 Å². The number of amides is 2. The maximum Gasteiger partial charge on any atom is 0.417 e. The first-order chi connectivity index (χ1) is 11.9. The molecule has 2 amide bonds. The summed E-state index contributed by atoms with van der Waals surface area (Å²) in [7, 11) is 0. The summed E-state index contributed by atoms with van der Waals surface area (Å²) in [5, 5.41) is 2.38. The third-order valence-corrected chi connectivity index (χ3v) is 5.23. The number of halogens is 3. The molecule has 2 fully saturated rings. The quantitative estimate of drug-likeness (QED) is 0.841. The molecule has 25 heavy (non-hydrogen) atoms. The van der Waals surface area contributed by atoms with Crippen LogP contribution in [0.2, 0.25) is 0 Å². The molecule has 2 heterocycles. The molecule has 3 rings (SSSR count). The lowest BCUT2D eigenvalue weighted by molar-refractivity contribution is -0.137. The topological polar surface area (TPSA) is 65.2 Å². The fourth-order valence-corrected chi connectivity index (χ4v) is 3.98. The Morgan fingerprint density at radius 3 is 2.56 bits per heavy atom. The highest BCUT2D eigenvalue weighted by Crippen LogP contribution is 2.34. The van der Waals surface area contributed by atoms with E-state index in [1.54, 1.807) is 4.90 Å². The Hall–Kier alpha value is -1.99. The number of alkyl halides is 3. The Balaban J connectivity index is 1.74. The number of nitrogens with one attached hydrogen (secondary N) is 2. The van der Waals surface area contributed by atoms with Gasteiger partial charge in [-0.2, -0.15) is 13.2 Å². The number of urea groups is 1. The van der Waals surface area contributed by atoms with Crippen LogP contribution in [0.5, 0.6) is 0 Å². The number of nitrogens with zero attached hydrogens (tertiary/aromatic N) is 1. The SMILES string of the molecule is O=C(Nc1cc(C(F)(F)F)c[nH]c1=O)N1CCC[C@H]1C1CCCCC1. The second kappa shape index (κ2) is 7.09. The molecule has 2 aliphatic rings. The van der Waals surface area contributed by atoms with Crippen molar-refractivity contribution in [3.8, 4) is 0 Å². The van der Waals surface area contributed by atoms with E-state index in [9.17, 15) is 22.8 Å². The van der Waals surface area contributed by atoms with Crippen molar-refractivity contribution < 1.29 is 18.0 Å². The smallest absolute Gasteiger partial charge is 0.327 e. The normalized spacial score (nSPS) is 22.2. The molecule has 1 aliphatic heterocycles. The number of carbonyl (C=O) groups excluding carboxylic acids is 1. The molecule has 0 radical (unpaired) electrons. The maximum absolute atomic E-state index is 12.8. The van der Waals surface area contributed by atoms with Crippen LogP contribution in [0.3, 0.4) is 0 Å². The number of aromatic amines is 1. The highest BCUT2D eigenvalue weighted by Gasteiger charge is 2.36. The molecule has 1 aromatic heterocycles. The van der Waals surface area contributed by atoms with Gasteiger partial charge in [0.25, 0.3) is 5.56 Å². The molecule has 1 aromatic rings. The Morgan fingerprint density at radius 1 is 1.16 bits per heavy atom. The Bertz CT molecular complexity index is 680. The average Bonchev–Trinajstić information content (AvgIpc) is 3.06. The molecular weight excluding hydrogens is 335 g/mol. The maximum atomic E-state index is 12.8. The van der Waals surface area contributed by atoms with Crippen LogP contribution >= 0.6 is 0 Å². The summed E-state index contributed by atoms with van der Waals surface area (Å²) in [4.78, 5) is 28.1. The molecule has 2 N–H and O–H groups in total. The van der Waals surface area contributed by atoms with E-state index in [1.807, 2.05) is 4.98 Å². The van der Waals surface area contributed by atoms with Crippen LogP contribution in [-0.4, -0.2) is 28.5 Å². The summed E-state index contributed by atoms with van der Waals surface area (Å²) in [6.07, 6.45) is 3.52. The summed E-state index contributed by atoms with van der Waals surface area (Å²) in [5.41, 5.74) is -2.10. The number of rotatable bonds is 2. The fourth-order valence-electron chi connectivity index (χ4n) is 3.98. The van der Waals surface area contributed by atoms with Gasteiger partial charge in [0.1, 0.15) is 5.69 Å². The number of anilines is 1. The van der Waals surface area contributed by atoms with Gasteiger partial charge in [-0.15, -0.1) is 0 Å². The zero-order chi connectivity index (χ0) is 18.0. The van der Waals surface area contributed by atoms with E-state index in [0.29, 0.717) is 24.7 Å². The molecule has 1 saturated heterocycles. The minimum atomic E-state index is -4.58. The monoisotopic (exact) mass is 357 g/mol. The highest BCUT2D eigenvalue weighted by atomic mass is 19.4. The summed E-state index contributed by atoms with van der Waals surface area (Å²) >= 11 is 0. The van der Waals surface area contributed by atoms with Gasteiger partial charge in [0, 0.05) is 18.8 Å². The van der Waals surface area contributed by atoms with E-state index in [1.165, 1.54) is 6.42 Å². The second-order valence-electron chi connectivity index (χ2n) is 6.86. The van der Waals surface area contributed by atoms with Crippen LogP contribution in [-0.2, 0) is 6.18 Å². The number of likely N-dealkylation sites (tertiary alicyclic amines) is 1. The van der Waals surface area contributed by atoms with Crippen molar-refractivity contribution in [3.05, 3.63) is 28.2 Å². The van der Waals surface area contributed by atoms with Crippen molar-refractivity contribution in [2.75, 3.05) is 11.9 Å². The lowest BCUT2D eigenvalue weighted by Gasteiger charge is -2.34. The fraction of sp³-hybridized carbons (Fsp3) is 0.647. The van der Waals surface area contributed by atoms with E-state index in [4.69, 9.17) is 0 Å². The van der Waals surface area contributed by atoms with Crippen LogP contribution in [0, 0.1) is 5.92 Å². The van der Waals surface area contributed by atoms with Gasteiger partial charge < -0.3 is 15.2 Å². The minimum absolute atomic E-state index is 0.116. The number of hydrogen-bond donors (Lipinski definition) is 2. The lowest BCUT2D eigenvalue weighted by Crippen LogP contribution is -2.43. The predicted octanol–water partition coefficient (Wildman–Crippen LogP) is 3.97. The van der Waals surface area contributed by atoms with Gasteiger partial charge in [-0.3, -0.25) is 4.79 Å². The number of carbonyl (C=O) groups is 1. The second-order valence-corrected chi connectivity index (χ2v) is 6.86. The first-order valence-electron chi connectivity index (χ1n) is 8.74. The zero-order valence-electron chi connectivity index (χ0n) is 13.9. The van der Waals surface area contributed by atoms with Gasteiger partial charge >= 0.3 is 12.2 Å². The van der Waals surface area contributed by atoms with E-state index in [2.05, 4.69) is 5.32 Å². The molecule has 8 heteroatoms. The van der Waals surface area contributed by atoms with Gasteiger partial charge in [-0.25, -0.2) is 4.79 Å². The Kier molecular flexibility index (Phi) is 5.06. The third kappa shape index (κ3) is 3.99. The average molecular weight is 357 g/mol. The van der Waals surface area contributed by atoms with Crippen molar-refractivity contribution >= 4 is 11.7 Å². The number of pyridine rings is 1. The van der Waals surface area contributed by atoms with Crippen molar-refractivity contribution in [3.63, 3.8) is 0 Å². The number of hydrogen-bond acceptors (Lipinski definition) is 2. The standard InChI is InChI=1S/C17H22F3N3O2/c18-17(19,20)12-9-13(15(24)21-10-12)22-16(25)23-8-4-7-14(23)11-5-2-1-3-6-11/h9-11,14H,1-8H2,(H,21,24)(H,22,25)/t14-/m0/s1. The summed E-state index contributed by atoms with van der Waals surface area (Å²) in [6, 6.07) is 0.311. The minimum Gasteiger partial charge on any atom is -0.327 e. The zero-order valence-corrected chi connectivity index (χ0v) is 13.9. The third-order valence-electron chi connectivity index (χ3n) is 5.23. The largest absolute Gasteiger partial charge is 0.417 e. The van der Waals surface area contributed by atoms with Crippen LogP contribution in [0.25, 0.3) is 0 Å². The van der Waals surface area contributed by atoms with Gasteiger partial charge in [0.15, 0.2) is 0 Å². The van der Waals surface area contributed by atoms with Crippen LogP contribution in [0.1, 0.15) is 50.5 Å². The summed E-state index contributed by atoms with van der Waals surface area (Å²) < 4.78 is 38.4. The van der Waals surface area contributed by atoms with E-state index in [-0.39, 0.29) is 11.7 Å². The molecular formula is C17H22F3N3O2. The Morgan fingerprint density at radius 2 is 1.88 bits per heavy atom. The van der Waals surface area contributed by atoms with Gasteiger partial charge in [-0.1, -0.05) is 19.3 Å². The van der Waals surface area contributed by atoms with Gasteiger partial charge in [-0.05, 0) is 37.7 Å². The molecule has 1 aliphatic carbocycles. The van der Waals surface area contributed by atoms with Crippen molar-refractivity contribution in [2.45, 2.75) is 57.2 Å². The summed E-state index contributed by atoms with van der Waals surface area (Å²) in [5.74, 6) is 0.446. The first-order valence-corrected chi connectivity index (χ1v) is 8.74. The summed E-state index contributed by atoms with van der Waals surface area (Å²) in [6.45, 7) is 0.573. The van der Waals surface area contributed by atoms with Crippen molar-refractivity contribution in [1.82, 2.24) is 9.88 Å². The molecule has 1 saturated carbocycles. The number of aromatic nitrogens is 1. The van der Waals surface area contributed by atoms with E-state index in [0.717, 1.165) is 38.5 Å². The molecule has 0 spiro atoms. The molecule has 5 nitrogen and oxygen atoms in total. The molecule has 1 atom stereocenters. The Labute approximate surface area is 143 Å². The molecule has 0 aromatic carbocycles. The van der Waals surface area contributed by atoms with Crippen molar-refractivity contribution in [1.29, 1.82) is 0 Å². The van der Waals surface area contributed by atoms with E-state index < -0.39 is 23.3 Å². The first kappa shape index (κ1) is 17.8. The van der Waals surface area contributed by atoms with Crippen molar-refractivity contribution in [2.24, 2.45) is 5.92 Å².